The normalized spacial score (nSPS) is 12.7. The van der Waals surface area contributed by atoms with Gasteiger partial charge >= 0.3 is 6.09 Å². The number of rotatable bonds is 3. The third-order valence-corrected chi connectivity index (χ3v) is 2.74. The Morgan fingerprint density at radius 1 is 1.25 bits per heavy atom. The van der Waals surface area contributed by atoms with E-state index in [-0.39, 0.29) is 12.0 Å². The van der Waals surface area contributed by atoms with Crippen LogP contribution < -0.4 is 5.32 Å². The summed E-state index contributed by atoms with van der Waals surface area (Å²) in [5.74, 6) is 0.218. The number of nitrogens with zero attached hydrogens (tertiary/aromatic N) is 1. The van der Waals surface area contributed by atoms with Crippen molar-refractivity contribution < 1.29 is 9.53 Å². The van der Waals surface area contributed by atoms with Crippen molar-refractivity contribution in [3.05, 3.63) is 35.4 Å². The second-order valence-corrected chi connectivity index (χ2v) is 6.10. The molecular formula is C16H22N2O2. The summed E-state index contributed by atoms with van der Waals surface area (Å²) in [6.07, 6.45) is -0.430. The summed E-state index contributed by atoms with van der Waals surface area (Å²) in [5, 5.41) is 11.7. The molecule has 1 atom stereocenters. The molecule has 0 heterocycles. The molecule has 0 fully saturated rings. The standard InChI is InChI=1S/C16H22N2O2/c1-11(2)14(18-15(19)20-16(3,4)5)13-8-6-12(10-17)7-9-13/h6-9,11,14H,1-5H3,(H,18,19). The quantitative estimate of drug-likeness (QED) is 0.912. The highest BCUT2D eigenvalue weighted by Gasteiger charge is 2.22. The van der Waals surface area contributed by atoms with Crippen molar-refractivity contribution in [1.29, 1.82) is 5.26 Å². The SMILES string of the molecule is CC(C)C(NC(=O)OC(C)(C)C)c1ccc(C#N)cc1. The Morgan fingerprint density at radius 3 is 2.20 bits per heavy atom. The van der Waals surface area contributed by atoms with Crippen molar-refractivity contribution in [2.75, 3.05) is 0 Å². The van der Waals surface area contributed by atoms with Crippen molar-refractivity contribution in [3.63, 3.8) is 0 Å². The molecule has 0 bridgehead atoms. The minimum Gasteiger partial charge on any atom is -0.444 e. The molecule has 4 nitrogen and oxygen atoms in total. The summed E-state index contributed by atoms with van der Waals surface area (Å²) in [5.41, 5.74) is 1.05. The van der Waals surface area contributed by atoms with Crippen LogP contribution in [0.4, 0.5) is 4.79 Å². The van der Waals surface area contributed by atoms with Crippen LogP contribution in [0.1, 0.15) is 51.8 Å². The van der Waals surface area contributed by atoms with Gasteiger partial charge in [-0.25, -0.2) is 4.79 Å². The summed E-state index contributed by atoms with van der Waals surface area (Å²) < 4.78 is 5.28. The number of nitrogens with one attached hydrogen (secondary N) is 1. The first kappa shape index (κ1) is 16.0. The monoisotopic (exact) mass is 274 g/mol. The Kier molecular flexibility index (Phi) is 5.15. The van der Waals surface area contributed by atoms with Crippen LogP contribution in [0, 0.1) is 17.2 Å². The molecule has 0 aromatic heterocycles. The topological polar surface area (TPSA) is 62.1 Å². The van der Waals surface area contributed by atoms with Crippen molar-refractivity contribution in [2.45, 2.75) is 46.3 Å². The maximum atomic E-state index is 11.9. The van der Waals surface area contributed by atoms with Gasteiger partial charge in [-0.3, -0.25) is 0 Å². The van der Waals surface area contributed by atoms with E-state index < -0.39 is 11.7 Å². The van der Waals surface area contributed by atoms with Crippen molar-refractivity contribution >= 4 is 6.09 Å². The first-order chi connectivity index (χ1) is 9.23. The minimum atomic E-state index is -0.518. The highest BCUT2D eigenvalue weighted by atomic mass is 16.6. The number of hydrogen-bond acceptors (Lipinski definition) is 3. The Balaban J connectivity index is 2.84. The Labute approximate surface area is 120 Å². The second kappa shape index (κ2) is 6.42. The number of alkyl carbamates (subject to hydrolysis) is 1. The van der Waals surface area contributed by atoms with E-state index in [0.717, 1.165) is 5.56 Å². The van der Waals surface area contributed by atoms with Gasteiger partial charge in [-0.05, 0) is 44.4 Å². The number of nitriles is 1. The van der Waals surface area contributed by atoms with Crippen molar-refractivity contribution in [2.24, 2.45) is 5.92 Å². The zero-order valence-electron chi connectivity index (χ0n) is 12.7. The van der Waals surface area contributed by atoms with Gasteiger partial charge in [0.15, 0.2) is 0 Å². The van der Waals surface area contributed by atoms with Gasteiger partial charge < -0.3 is 10.1 Å². The highest BCUT2D eigenvalue weighted by molar-refractivity contribution is 5.68. The maximum Gasteiger partial charge on any atom is 0.408 e. The van der Waals surface area contributed by atoms with E-state index in [0.29, 0.717) is 5.56 Å². The molecule has 0 aliphatic heterocycles. The largest absolute Gasteiger partial charge is 0.444 e. The van der Waals surface area contributed by atoms with E-state index in [4.69, 9.17) is 10.00 Å². The number of carbonyl (C=O) groups excluding carboxylic acids is 1. The van der Waals surface area contributed by atoms with Crippen LogP contribution in [0.25, 0.3) is 0 Å². The zero-order chi connectivity index (χ0) is 15.3. The highest BCUT2D eigenvalue weighted by Crippen LogP contribution is 2.22. The Hall–Kier alpha value is -2.02. The molecule has 0 saturated carbocycles. The van der Waals surface area contributed by atoms with Gasteiger partial charge in [-0.1, -0.05) is 26.0 Å². The van der Waals surface area contributed by atoms with Gasteiger partial charge in [0.2, 0.25) is 0 Å². The predicted molar refractivity (Wildman–Crippen MR) is 78.1 cm³/mol. The van der Waals surface area contributed by atoms with Crippen LogP contribution in [-0.2, 0) is 4.74 Å². The smallest absolute Gasteiger partial charge is 0.408 e. The summed E-state index contributed by atoms with van der Waals surface area (Å²) in [6.45, 7) is 9.55. The molecule has 20 heavy (non-hydrogen) atoms. The van der Waals surface area contributed by atoms with E-state index in [2.05, 4.69) is 11.4 Å². The molecular weight excluding hydrogens is 252 g/mol. The number of benzene rings is 1. The van der Waals surface area contributed by atoms with E-state index >= 15 is 0 Å². The molecule has 1 amide bonds. The minimum absolute atomic E-state index is 0.141. The summed E-state index contributed by atoms with van der Waals surface area (Å²) in [7, 11) is 0. The molecule has 0 spiro atoms. The summed E-state index contributed by atoms with van der Waals surface area (Å²) in [6, 6.07) is 9.17. The molecule has 1 rings (SSSR count). The average molecular weight is 274 g/mol. The van der Waals surface area contributed by atoms with Crippen LogP contribution in [0.2, 0.25) is 0 Å². The molecule has 1 N–H and O–H groups in total. The molecule has 1 aromatic rings. The molecule has 108 valence electrons. The molecule has 0 saturated heterocycles. The average Bonchev–Trinajstić information content (AvgIpc) is 2.34. The van der Waals surface area contributed by atoms with Gasteiger partial charge in [0, 0.05) is 0 Å². The van der Waals surface area contributed by atoms with Crippen LogP contribution in [0.15, 0.2) is 24.3 Å². The van der Waals surface area contributed by atoms with Crippen LogP contribution in [0.5, 0.6) is 0 Å². The molecule has 0 aliphatic carbocycles. The molecule has 0 radical (unpaired) electrons. The van der Waals surface area contributed by atoms with Crippen LogP contribution in [-0.4, -0.2) is 11.7 Å². The fourth-order valence-electron chi connectivity index (χ4n) is 1.83. The zero-order valence-corrected chi connectivity index (χ0v) is 12.7. The van der Waals surface area contributed by atoms with Crippen LogP contribution in [0.3, 0.4) is 0 Å². The van der Waals surface area contributed by atoms with E-state index in [1.54, 1.807) is 12.1 Å². The first-order valence-corrected chi connectivity index (χ1v) is 6.72. The van der Waals surface area contributed by atoms with Gasteiger partial charge in [0.05, 0.1) is 17.7 Å². The predicted octanol–water partition coefficient (Wildman–Crippen LogP) is 3.78. The first-order valence-electron chi connectivity index (χ1n) is 6.72. The van der Waals surface area contributed by atoms with E-state index in [1.165, 1.54) is 0 Å². The maximum absolute atomic E-state index is 11.9. The summed E-state index contributed by atoms with van der Waals surface area (Å²) in [4.78, 5) is 11.9. The Morgan fingerprint density at radius 2 is 1.80 bits per heavy atom. The number of ether oxygens (including phenoxy) is 1. The van der Waals surface area contributed by atoms with Gasteiger partial charge in [0.1, 0.15) is 5.60 Å². The lowest BCUT2D eigenvalue weighted by Gasteiger charge is -2.26. The fraction of sp³-hybridized carbons (Fsp3) is 0.500. The molecule has 1 aromatic carbocycles. The number of amides is 1. The molecule has 0 aliphatic rings. The molecule has 1 unspecified atom stereocenters. The van der Waals surface area contributed by atoms with Gasteiger partial charge in [0.25, 0.3) is 0 Å². The second-order valence-electron chi connectivity index (χ2n) is 6.10. The summed E-state index contributed by atoms with van der Waals surface area (Å²) >= 11 is 0. The third-order valence-electron chi connectivity index (χ3n) is 2.74. The van der Waals surface area contributed by atoms with Crippen molar-refractivity contribution in [3.8, 4) is 6.07 Å². The van der Waals surface area contributed by atoms with Crippen LogP contribution >= 0.6 is 0 Å². The number of hydrogen-bond donors (Lipinski definition) is 1. The Bertz CT molecular complexity index is 493. The van der Waals surface area contributed by atoms with Gasteiger partial charge in [-0.15, -0.1) is 0 Å². The van der Waals surface area contributed by atoms with Gasteiger partial charge in [-0.2, -0.15) is 5.26 Å². The van der Waals surface area contributed by atoms with E-state index in [9.17, 15) is 4.79 Å². The fourth-order valence-corrected chi connectivity index (χ4v) is 1.83. The lowest BCUT2D eigenvalue weighted by Crippen LogP contribution is -2.36. The third kappa shape index (κ3) is 4.93. The molecule has 4 heteroatoms. The van der Waals surface area contributed by atoms with E-state index in [1.807, 2.05) is 46.8 Å². The lowest BCUT2D eigenvalue weighted by molar-refractivity contribution is 0.0489. The van der Waals surface area contributed by atoms with Crippen molar-refractivity contribution in [1.82, 2.24) is 5.32 Å². The lowest BCUT2D eigenvalue weighted by atomic mass is 9.95. The number of carbonyl (C=O) groups is 1.